The maximum Gasteiger partial charge on any atom is 0.319 e. The van der Waals surface area contributed by atoms with Crippen molar-refractivity contribution in [1.82, 2.24) is 9.88 Å². The van der Waals surface area contributed by atoms with Crippen LogP contribution in [0.25, 0.3) is 5.57 Å². The molecule has 1 aliphatic carbocycles. The van der Waals surface area contributed by atoms with E-state index in [1.165, 1.54) is 22.3 Å². The van der Waals surface area contributed by atoms with Gasteiger partial charge in [0.2, 0.25) is 0 Å². The van der Waals surface area contributed by atoms with Gasteiger partial charge in [0.1, 0.15) is 5.69 Å². The van der Waals surface area contributed by atoms with Gasteiger partial charge in [0.05, 0.1) is 12.6 Å². The number of urea groups is 1. The molecular weight excluding hydrogens is 354 g/mol. The molecule has 6 heteroatoms. The van der Waals surface area contributed by atoms with Gasteiger partial charge >= 0.3 is 6.03 Å². The summed E-state index contributed by atoms with van der Waals surface area (Å²) in [6.07, 6.45) is 3.39. The zero-order chi connectivity index (χ0) is 19.7. The highest BCUT2D eigenvalue weighted by Gasteiger charge is 2.24. The first-order valence-corrected chi connectivity index (χ1v) is 9.69. The molecule has 2 amide bonds. The smallest absolute Gasteiger partial charge is 0.319 e. The molecule has 2 aliphatic rings. The Bertz CT molecular complexity index is 987. The van der Waals surface area contributed by atoms with Crippen molar-refractivity contribution in [2.45, 2.75) is 38.8 Å². The third-order valence-corrected chi connectivity index (χ3v) is 5.68. The van der Waals surface area contributed by atoms with Crippen LogP contribution in [-0.4, -0.2) is 29.9 Å². The molecule has 2 heterocycles. The Morgan fingerprint density at radius 3 is 2.82 bits per heavy atom. The average molecular weight is 379 g/mol. The molecule has 2 N–H and O–H groups in total. The van der Waals surface area contributed by atoms with E-state index in [4.69, 9.17) is 4.74 Å². The van der Waals surface area contributed by atoms with Gasteiger partial charge in [0, 0.05) is 18.8 Å². The highest BCUT2D eigenvalue weighted by Crippen LogP contribution is 2.33. The maximum absolute atomic E-state index is 12.7. The fourth-order valence-electron chi connectivity index (χ4n) is 4.11. The summed E-state index contributed by atoms with van der Waals surface area (Å²) in [6, 6.07) is 11.3. The van der Waals surface area contributed by atoms with Crippen molar-refractivity contribution in [2.75, 3.05) is 18.5 Å². The maximum atomic E-state index is 12.7. The van der Waals surface area contributed by atoms with Crippen molar-refractivity contribution >= 4 is 17.3 Å². The number of nitrogens with zero attached hydrogens (tertiary/aromatic N) is 1. The monoisotopic (exact) mass is 379 g/mol. The third-order valence-electron chi connectivity index (χ3n) is 5.68. The summed E-state index contributed by atoms with van der Waals surface area (Å²) in [5, 5.41) is 5.69. The van der Waals surface area contributed by atoms with Crippen LogP contribution in [0.2, 0.25) is 0 Å². The SMILES string of the molecule is CC1=C(C(C)NC(=O)Nc2cccn(C3CCOC3)c2=O)Cc2ccccc21. The first-order valence-electron chi connectivity index (χ1n) is 9.69. The molecule has 28 heavy (non-hydrogen) atoms. The van der Waals surface area contributed by atoms with Gasteiger partial charge in [-0.3, -0.25) is 4.79 Å². The number of ether oxygens (including phenoxy) is 1. The van der Waals surface area contributed by atoms with E-state index in [9.17, 15) is 9.59 Å². The molecular formula is C22H25N3O3. The molecule has 0 spiro atoms. The molecule has 0 radical (unpaired) electrons. The van der Waals surface area contributed by atoms with E-state index in [0.717, 1.165) is 12.8 Å². The van der Waals surface area contributed by atoms with Crippen LogP contribution >= 0.6 is 0 Å². The lowest BCUT2D eigenvalue weighted by molar-refractivity contribution is 0.186. The Labute approximate surface area is 164 Å². The Morgan fingerprint density at radius 1 is 1.25 bits per heavy atom. The minimum atomic E-state index is -0.374. The van der Waals surface area contributed by atoms with Crippen LogP contribution in [0.1, 0.15) is 37.4 Å². The molecule has 0 saturated carbocycles. The zero-order valence-corrected chi connectivity index (χ0v) is 16.2. The number of hydrogen-bond acceptors (Lipinski definition) is 3. The van der Waals surface area contributed by atoms with Crippen molar-refractivity contribution < 1.29 is 9.53 Å². The molecule has 0 bridgehead atoms. The van der Waals surface area contributed by atoms with Crippen molar-refractivity contribution in [3.8, 4) is 0 Å². The van der Waals surface area contributed by atoms with Gasteiger partial charge in [0.25, 0.3) is 5.56 Å². The second kappa shape index (κ2) is 7.64. The molecule has 1 aromatic heterocycles. The normalized spacial score (nSPS) is 19.4. The fraction of sp³-hybridized carbons (Fsp3) is 0.364. The van der Waals surface area contributed by atoms with Crippen LogP contribution in [0.3, 0.4) is 0 Å². The van der Waals surface area contributed by atoms with Gasteiger partial charge in [0.15, 0.2) is 0 Å². The zero-order valence-electron chi connectivity index (χ0n) is 16.2. The van der Waals surface area contributed by atoms with Crippen molar-refractivity contribution in [1.29, 1.82) is 0 Å². The van der Waals surface area contributed by atoms with E-state index in [0.29, 0.717) is 13.2 Å². The highest BCUT2D eigenvalue weighted by molar-refractivity contribution is 5.90. The lowest BCUT2D eigenvalue weighted by Crippen LogP contribution is -2.39. The number of aromatic nitrogens is 1. The lowest BCUT2D eigenvalue weighted by Gasteiger charge is -2.18. The summed E-state index contributed by atoms with van der Waals surface area (Å²) >= 11 is 0. The quantitative estimate of drug-likeness (QED) is 0.856. The lowest BCUT2D eigenvalue weighted by atomic mass is 10.0. The molecule has 2 atom stereocenters. The number of pyridine rings is 1. The van der Waals surface area contributed by atoms with Crippen molar-refractivity contribution in [3.05, 3.63) is 69.6 Å². The Kier molecular flexibility index (Phi) is 5.05. The number of amides is 2. The highest BCUT2D eigenvalue weighted by atomic mass is 16.5. The molecule has 2 aromatic rings. The van der Waals surface area contributed by atoms with Crippen LogP contribution in [-0.2, 0) is 11.2 Å². The summed E-state index contributed by atoms with van der Waals surface area (Å²) in [5.41, 5.74) is 5.02. The molecule has 1 aliphatic heterocycles. The van der Waals surface area contributed by atoms with Gasteiger partial charge in [-0.05, 0) is 61.1 Å². The summed E-state index contributed by atoms with van der Waals surface area (Å²) in [7, 11) is 0. The average Bonchev–Trinajstić information content (AvgIpc) is 3.32. The van der Waals surface area contributed by atoms with E-state index in [-0.39, 0.29) is 29.4 Å². The van der Waals surface area contributed by atoms with E-state index in [1.54, 1.807) is 22.9 Å². The molecule has 6 nitrogen and oxygen atoms in total. The van der Waals surface area contributed by atoms with Crippen molar-refractivity contribution in [2.24, 2.45) is 0 Å². The van der Waals surface area contributed by atoms with Crippen LogP contribution in [0, 0.1) is 0 Å². The number of carbonyl (C=O) groups is 1. The summed E-state index contributed by atoms with van der Waals surface area (Å²) < 4.78 is 7.01. The predicted molar refractivity (Wildman–Crippen MR) is 110 cm³/mol. The number of allylic oxidation sites excluding steroid dienone is 1. The number of benzene rings is 1. The molecule has 1 saturated heterocycles. The van der Waals surface area contributed by atoms with Gasteiger partial charge < -0.3 is 19.9 Å². The number of carbonyl (C=O) groups excluding carboxylic acids is 1. The van der Waals surface area contributed by atoms with E-state index in [1.807, 2.05) is 19.1 Å². The number of fused-ring (bicyclic) bond motifs is 1. The first kappa shape index (κ1) is 18.5. The summed E-state index contributed by atoms with van der Waals surface area (Å²) in [4.78, 5) is 25.2. The first-order chi connectivity index (χ1) is 13.5. The largest absolute Gasteiger partial charge is 0.379 e. The Hall–Kier alpha value is -2.86. The second-order valence-corrected chi connectivity index (χ2v) is 7.46. The van der Waals surface area contributed by atoms with Crippen LogP contribution in [0.4, 0.5) is 10.5 Å². The van der Waals surface area contributed by atoms with Gasteiger partial charge in [-0.1, -0.05) is 24.3 Å². The van der Waals surface area contributed by atoms with Gasteiger partial charge in [-0.15, -0.1) is 0 Å². The fourth-order valence-corrected chi connectivity index (χ4v) is 4.11. The topological polar surface area (TPSA) is 72.4 Å². The second-order valence-electron chi connectivity index (χ2n) is 7.46. The van der Waals surface area contributed by atoms with E-state index >= 15 is 0 Å². The minimum absolute atomic E-state index is 0.0287. The standard InChI is InChI=1S/C22H25N3O3/c1-14-18-7-4-3-6-16(18)12-19(14)15(2)23-22(27)24-20-8-5-10-25(21(20)26)17-9-11-28-13-17/h3-8,10,15,17H,9,11-13H2,1-2H3,(H2,23,24,27). The van der Waals surface area contributed by atoms with Crippen LogP contribution in [0.5, 0.6) is 0 Å². The van der Waals surface area contributed by atoms with Crippen molar-refractivity contribution in [3.63, 3.8) is 0 Å². The number of hydrogen-bond donors (Lipinski definition) is 2. The minimum Gasteiger partial charge on any atom is -0.379 e. The number of rotatable bonds is 4. The van der Waals surface area contributed by atoms with Crippen LogP contribution < -0.4 is 16.2 Å². The Morgan fingerprint density at radius 2 is 2.07 bits per heavy atom. The van der Waals surface area contributed by atoms with E-state index < -0.39 is 0 Å². The number of nitrogens with one attached hydrogen (secondary N) is 2. The summed E-state index contributed by atoms with van der Waals surface area (Å²) in [6.45, 7) is 5.25. The molecule has 4 rings (SSSR count). The molecule has 2 unspecified atom stereocenters. The number of anilines is 1. The van der Waals surface area contributed by atoms with Gasteiger partial charge in [-0.2, -0.15) is 0 Å². The Balaban J connectivity index is 1.45. The third kappa shape index (κ3) is 3.47. The van der Waals surface area contributed by atoms with E-state index in [2.05, 4.69) is 29.7 Å². The summed E-state index contributed by atoms with van der Waals surface area (Å²) in [5.74, 6) is 0. The predicted octanol–water partition coefficient (Wildman–Crippen LogP) is 3.35. The molecule has 1 fully saturated rings. The van der Waals surface area contributed by atoms with Gasteiger partial charge in [-0.25, -0.2) is 4.79 Å². The molecule has 1 aromatic carbocycles. The van der Waals surface area contributed by atoms with Crippen LogP contribution in [0.15, 0.2) is 53.0 Å². The molecule has 146 valence electrons.